The van der Waals surface area contributed by atoms with Crippen molar-refractivity contribution in [2.45, 2.75) is 45.8 Å². The number of esters is 1. The predicted octanol–water partition coefficient (Wildman–Crippen LogP) is 6.08. The summed E-state index contributed by atoms with van der Waals surface area (Å²) in [6, 6.07) is 20.0. The zero-order valence-electron chi connectivity index (χ0n) is 23.1. The van der Waals surface area contributed by atoms with E-state index in [4.69, 9.17) is 9.47 Å². The lowest BCUT2D eigenvalue weighted by Gasteiger charge is -2.32. The van der Waals surface area contributed by atoms with E-state index in [2.05, 4.69) is 57.7 Å². The quantitative estimate of drug-likeness (QED) is 0.303. The first-order chi connectivity index (χ1) is 18.7. The Morgan fingerprint density at radius 1 is 1.03 bits per heavy atom. The van der Waals surface area contributed by atoms with Crippen molar-refractivity contribution < 1.29 is 19.1 Å². The number of ether oxygens (including phenoxy) is 2. The van der Waals surface area contributed by atoms with Crippen LogP contribution in [0.4, 0.5) is 10.7 Å². The summed E-state index contributed by atoms with van der Waals surface area (Å²) < 4.78 is 12.0. The molecule has 204 valence electrons. The molecule has 0 bridgehead atoms. The smallest absolute Gasteiger partial charge is 0.421 e. The molecule has 1 N–H and O–H groups in total. The Hall–Kier alpha value is -3.91. The van der Waals surface area contributed by atoms with Crippen LogP contribution < -0.4 is 5.32 Å². The fourth-order valence-electron chi connectivity index (χ4n) is 5.19. The summed E-state index contributed by atoms with van der Waals surface area (Å²) in [6.45, 7) is 9.16. The van der Waals surface area contributed by atoms with Crippen LogP contribution >= 0.6 is 0 Å². The minimum Gasteiger partial charge on any atom is -0.465 e. The monoisotopic (exact) mass is 528 g/mol. The molecule has 1 aliphatic rings. The van der Waals surface area contributed by atoms with Gasteiger partial charge in [0.15, 0.2) is 0 Å². The number of hydrogen-bond acceptors (Lipinski definition) is 7. The van der Waals surface area contributed by atoms with Crippen molar-refractivity contribution in [2.24, 2.45) is 5.92 Å². The first-order valence-corrected chi connectivity index (χ1v) is 13.5. The molecule has 0 amide bonds. The topological polar surface area (TPSA) is 85.7 Å². The molecule has 2 heterocycles. The summed E-state index contributed by atoms with van der Waals surface area (Å²) in [7, 11) is 1.34. The summed E-state index contributed by atoms with van der Waals surface area (Å²) >= 11 is 0. The number of rotatable bonds is 6. The van der Waals surface area contributed by atoms with Crippen LogP contribution in [0.5, 0.6) is 0 Å². The molecule has 1 fully saturated rings. The molecule has 1 saturated heterocycles. The fourth-order valence-corrected chi connectivity index (χ4v) is 5.19. The van der Waals surface area contributed by atoms with E-state index < -0.39 is 17.7 Å². The molecule has 4 aromatic rings. The third kappa shape index (κ3) is 6.06. The molecule has 0 atom stereocenters. The van der Waals surface area contributed by atoms with Crippen LogP contribution in [0.3, 0.4) is 0 Å². The highest BCUT2D eigenvalue weighted by atomic mass is 16.6. The second kappa shape index (κ2) is 11.1. The number of imidazole rings is 1. The van der Waals surface area contributed by atoms with Gasteiger partial charge < -0.3 is 14.8 Å². The lowest BCUT2D eigenvalue weighted by atomic mass is 9.96. The van der Waals surface area contributed by atoms with Gasteiger partial charge in [-0.25, -0.2) is 19.1 Å². The second-order valence-electron chi connectivity index (χ2n) is 11.2. The fraction of sp³-hybridized carbons (Fsp3) is 0.387. The van der Waals surface area contributed by atoms with Crippen molar-refractivity contribution >= 4 is 39.8 Å². The first kappa shape index (κ1) is 26.7. The molecular weight excluding hydrogens is 492 g/mol. The number of piperidine rings is 1. The highest BCUT2D eigenvalue weighted by Crippen LogP contribution is 2.26. The Kier molecular flexibility index (Phi) is 7.57. The molecule has 3 aromatic carbocycles. The van der Waals surface area contributed by atoms with Gasteiger partial charge in [0, 0.05) is 13.1 Å². The van der Waals surface area contributed by atoms with Crippen molar-refractivity contribution in [1.29, 1.82) is 0 Å². The molecule has 5 rings (SSSR count). The largest absolute Gasteiger partial charge is 0.465 e. The Morgan fingerprint density at radius 2 is 1.77 bits per heavy atom. The molecule has 1 aliphatic heterocycles. The van der Waals surface area contributed by atoms with Gasteiger partial charge in [0.1, 0.15) is 5.60 Å². The van der Waals surface area contributed by atoms with Gasteiger partial charge in [-0.05, 0) is 87.2 Å². The number of nitrogens with one attached hydrogen (secondary N) is 1. The van der Waals surface area contributed by atoms with Gasteiger partial charge >= 0.3 is 12.1 Å². The lowest BCUT2D eigenvalue weighted by Crippen LogP contribution is -2.35. The Morgan fingerprint density at radius 3 is 2.51 bits per heavy atom. The van der Waals surface area contributed by atoms with Crippen molar-refractivity contribution in [3.63, 3.8) is 0 Å². The van der Waals surface area contributed by atoms with Gasteiger partial charge in [-0.15, -0.1) is 0 Å². The number of anilines is 1. The molecule has 8 heteroatoms. The SMILES string of the molecule is COC(=O)c1ccc2c(c1)nc(NCC1CCN(Cc3cccc4ccccc34)CC1)n2C(=O)OC(C)(C)C. The normalized spacial score (nSPS) is 15.0. The highest BCUT2D eigenvalue weighted by Gasteiger charge is 2.25. The van der Waals surface area contributed by atoms with Crippen LogP contribution in [0.25, 0.3) is 21.8 Å². The zero-order valence-corrected chi connectivity index (χ0v) is 23.1. The molecule has 0 radical (unpaired) electrons. The molecule has 1 aromatic heterocycles. The second-order valence-corrected chi connectivity index (χ2v) is 11.2. The lowest BCUT2D eigenvalue weighted by molar-refractivity contribution is 0.0545. The summed E-state index contributed by atoms with van der Waals surface area (Å²) in [4.78, 5) is 32.4. The van der Waals surface area contributed by atoms with Crippen LogP contribution in [-0.4, -0.2) is 58.9 Å². The van der Waals surface area contributed by atoms with E-state index in [1.54, 1.807) is 18.2 Å². The molecule has 0 unspecified atom stereocenters. The molecule has 8 nitrogen and oxygen atoms in total. The predicted molar refractivity (Wildman–Crippen MR) is 153 cm³/mol. The van der Waals surface area contributed by atoms with E-state index in [1.807, 2.05) is 20.8 Å². The Bertz CT molecular complexity index is 1490. The van der Waals surface area contributed by atoms with Gasteiger partial charge in [-0.3, -0.25) is 4.90 Å². The van der Waals surface area contributed by atoms with Gasteiger partial charge in [0.2, 0.25) is 5.95 Å². The number of aromatic nitrogens is 2. The average Bonchev–Trinajstić information content (AvgIpc) is 3.29. The number of carbonyl (C=O) groups excluding carboxylic acids is 2. The molecule has 0 aliphatic carbocycles. The molecule has 0 saturated carbocycles. The third-order valence-electron chi connectivity index (χ3n) is 7.18. The number of fused-ring (bicyclic) bond motifs is 2. The summed E-state index contributed by atoms with van der Waals surface area (Å²) in [6.07, 6.45) is 1.59. The minimum atomic E-state index is -0.659. The van der Waals surface area contributed by atoms with Gasteiger partial charge in [0.05, 0.1) is 23.7 Å². The van der Waals surface area contributed by atoms with Gasteiger partial charge in [0.25, 0.3) is 0 Å². The molecular formula is C31H36N4O4. The third-order valence-corrected chi connectivity index (χ3v) is 7.18. The summed E-state index contributed by atoms with van der Waals surface area (Å²) in [5.41, 5.74) is 2.18. The van der Waals surface area contributed by atoms with E-state index in [-0.39, 0.29) is 0 Å². The average molecular weight is 529 g/mol. The van der Waals surface area contributed by atoms with Crippen LogP contribution in [0.15, 0.2) is 60.7 Å². The number of nitrogens with zero attached hydrogens (tertiary/aromatic N) is 3. The van der Waals surface area contributed by atoms with Crippen LogP contribution in [0, 0.1) is 5.92 Å². The van der Waals surface area contributed by atoms with Crippen molar-refractivity contribution in [1.82, 2.24) is 14.5 Å². The number of hydrogen-bond donors (Lipinski definition) is 1. The Balaban J connectivity index is 1.27. The number of methoxy groups -OCH3 is 1. The molecule has 39 heavy (non-hydrogen) atoms. The number of benzene rings is 3. The molecule has 0 spiro atoms. The van der Waals surface area contributed by atoms with Crippen LogP contribution in [0.2, 0.25) is 0 Å². The highest BCUT2D eigenvalue weighted by molar-refractivity contribution is 5.97. The number of likely N-dealkylation sites (tertiary alicyclic amines) is 1. The van der Waals surface area contributed by atoms with E-state index >= 15 is 0 Å². The van der Waals surface area contributed by atoms with E-state index in [0.717, 1.165) is 32.5 Å². The first-order valence-electron chi connectivity index (χ1n) is 13.5. The maximum absolute atomic E-state index is 13.2. The van der Waals surface area contributed by atoms with Crippen molar-refractivity contribution in [3.05, 3.63) is 71.8 Å². The van der Waals surface area contributed by atoms with Crippen LogP contribution in [0.1, 0.15) is 49.5 Å². The van der Waals surface area contributed by atoms with Crippen molar-refractivity contribution in [3.8, 4) is 0 Å². The zero-order chi connectivity index (χ0) is 27.6. The van der Waals surface area contributed by atoms with Gasteiger partial charge in [-0.1, -0.05) is 42.5 Å². The maximum atomic E-state index is 13.2. The summed E-state index contributed by atoms with van der Waals surface area (Å²) in [5, 5.41) is 6.00. The van der Waals surface area contributed by atoms with Crippen LogP contribution in [-0.2, 0) is 16.0 Å². The van der Waals surface area contributed by atoms with Gasteiger partial charge in [-0.2, -0.15) is 0 Å². The van der Waals surface area contributed by atoms with E-state index in [9.17, 15) is 9.59 Å². The summed E-state index contributed by atoms with van der Waals surface area (Å²) in [5.74, 6) is 0.416. The standard InChI is InChI=1S/C31H36N4O4/c1-31(2,3)39-30(37)35-27-13-12-23(28(36)38-4)18-26(27)33-29(35)32-19-21-14-16-34(17-15-21)20-24-10-7-9-22-8-5-6-11-25(22)24/h5-13,18,21H,14-17,19-20H2,1-4H3,(H,32,33). The van der Waals surface area contributed by atoms with Crippen molar-refractivity contribution in [2.75, 3.05) is 32.1 Å². The van der Waals surface area contributed by atoms with E-state index in [1.165, 1.54) is 28.0 Å². The maximum Gasteiger partial charge on any atom is 0.421 e. The number of carbonyl (C=O) groups is 2. The van der Waals surface area contributed by atoms with E-state index in [0.29, 0.717) is 35.0 Å². The minimum absolute atomic E-state index is 0.379. The Labute approximate surface area is 228 Å².